The molecule has 4 amide bonds. The molecule has 0 atom stereocenters. The van der Waals surface area contributed by atoms with Gasteiger partial charge in [0.1, 0.15) is 22.8 Å². The molecule has 0 unspecified atom stereocenters. The monoisotopic (exact) mass is 1420 g/mol. The average molecular weight is 1430 g/mol. The van der Waals surface area contributed by atoms with Gasteiger partial charge >= 0.3 is 24.8 Å². The van der Waals surface area contributed by atoms with Crippen LogP contribution in [-0.2, 0) is 19.2 Å². The van der Waals surface area contributed by atoms with E-state index in [-0.39, 0.29) is 23.6 Å². The maximum absolute atomic E-state index is 14.2. The SMILES string of the molecule is CCCCCCCCCCCCN1C(=O)C2=C(c3ccc(Br)o3)N(CCCCCCCCCCCC)C(=O)C2=C1c1ccc(Br)o1.CCCCCCCCCCCCN1C(=O)C2=C(c3ccco3)N(CCCCCCCCCCCC)C(=O)C2=C1c1ccco1.[B]=NS. The number of carbonyl (C=O) groups is 4. The number of amides is 4. The van der Waals surface area contributed by atoms with Gasteiger partial charge in [0.05, 0.1) is 34.8 Å². The predicted octanol–water partition coefficient (Wildman–Crippen LogP) is 22.8. The van der Waals surface area contributed by atoms with Crippen molar-refractivity contribution in [1.82, 2.24) is 19.6 Å². The van der Waals surface area contributed by atoms with Crippen LogP contribution < -0.4 is 0 Å². The van der Waals surface area contributed by atoms with Gasteiger partial charge in [-0.15, -0.1) is 0 Å². The van der Waals surface area contributed by atoms with Crippen molar-refractivity contribution < 1.29 is 36.8 Å². The summed E-state index contributed by atoms with van der Waals surface area (Å²) in [5.74, 6) is 1.69. The van der Waals surface area contributed by atoms with Crippen LogP contribution in [0.4, 0.5) is 0 Å². The van der Waals surface area contributed by atoms with E-state index in [0.717, 1.165) is 64.2 Å². The molecule has 4 aromatic rings. The van der Waals surface area contributed by atoms with Gasteiger partial charge in [-0.25, -0.2) is 0 Å². The summed E-state index contributed by atoms with van der Waals surface area (Å²) in [6.45, 7) is 11.3. The predicted molar refractivity (Wildman–Crippen MR) is 389 cm³/mol. The summed E-state index contributed by atoms with van der Waals surface area (Å²) in [5, 5.41) is 0. The van der Waals surface area contributed by atoms with Gasteiger partial charge < -0.3 is 37.3 Å². The molecule has 0 saturated carbocycles. The number of nitrogens with zero attached hydrogens (tertiary/aromatic N) is 5. The molecule has 8 rings (SSSR count). The van der Waals surface area contributed by atoms with E-state index in [4.69, 9.17) is 17.7 Å². The first-order valence-electron chi connectivity index (χ1n) is 36.5. The average Bonchev–Trinajstić information content (AvgIpc) is 1.57. The van der Waals surface area contributed by atoms with Gasteiger partial charge in [0.15, 0.2) is 32.4 Å². The van der Waals surface area contributed by atoms with Crippen LogP contribution in [0.3, 0.4) is 0 Å². The van der Waals surface area contributed by atoms with Crippen LogP contribution in [0.15, 0.2) is 115 Å². The van der Waals surface area contributed by atoms with Crippen LogP contribution >= 0.6 is 44.7 Å². The number of unbranched alkanes of at least 4 members (excludes halogenated alkanes) is 36. The minimum absolute atomic E-state index is 0.118. The second kappa shape index (κ2) is 44.8. The Balaban J connectivity index is 0.000000283. The fraction of sp³-hybridized carbons (Fsp3) is 0.632. The summed E-state index contributed by atoms with van der Waals surface area (Å²) in [6, 6.07) is 14.7. The molecule has 4 aromatic heterocycles. The Labute approximate surface area is 582 Å². The number of halogens is 2. The van der Waals surface area contributed by atoms with Crippen LogP contribution in [0.5, 0.6) is 0 Å². The maximum atomic E-state index is 14.2. The molecule has 511 valence electrons. The summed E-state index contributed by atoms with van der Waals surface area (Å²) >= 11 is 10.0. The Bertz CT molecular complexity index is 2780. The number of carbonyl (C=O) groups excluding carboxylic acids is 4. The van der Waals surface area contributed by atoms with E-state index in [1.54, 1.807) is 32.1 Å². The molecule has 0 spiro atoms. The zero-order valence-corrected chi connectivity index (χ0v) is 61.2. The molecule has 1 radical (unpaired) electrons. The Hall–Kier alpha value is -4.87. The van der Waals surface area contributed by atoms with E-state index in [9.17, 15) is 19.2 Å². The quantitative estimate of drug-likeness (QED) is 0.0261. The first kappa shape index (κ1) is 77.1. The summed E-state index contributed by atoms with van der Waals surface area (Å²) in [4.78, 5) is 63.8. The zero-order valence-electron chi connectivity index (χ0n) is 57.2. The molecular formula is C76H111BBr2N5O8S. The van der Waals surface area contributed by atoms with Crippen molar-refractivity contribution in [1.29, 1.82) is 0 Å². The van der Waals surface area contributed by atoms with Gasteiger partial charge in [-0.2, -0.15) is 0 Å². The molecule has 0 fully saturated rings. The Kier molecular flexibility index (Phi) is 37.2. The van der Waals surface area contributed by atoms with Gasteiger partial charge in [0.2, 0.25) is 0 Å². The van der Waals surface area contributed by atoms with Gasteiger partial charge in [-0.05, 0) is 106 Å². The molecule has 8 heterocycles. The molecule has 4 aliphatic rings. The van der Waals surface area contributed by atoms with E-state index in [2.05, 4.69) is 84.3 Å². The van der Waals surface area contributed by atoms with Crippen LogP contribution in [0.1, 0.15) is 308 Å². The van der Waals surface area contributed by atoms with Crippen LogP contribution in [0.2, 0.25) is 0 Å². The Morgan fingerprint density at radius 1 is 0.333 bits per heavy atom. The van der Waals surface area contributed by atoms with E-state index in [1.807, 2.05) is 48.5 Å². The summed E-state index contributed by atoms with van der Waals surface area (Å²) in [7, 11) is 4.34. The molecule has 0 bridgehead atoms. The van der Waals surface area contributed by atoms with Crippen LogP contribution in [0.25, 0.3) is 22.8 Å². The van der Waals surface area contributed by atoms with E-state index in [1.165, 1.54) is 193 Å². The fourth-order valence-electron chi connectivity index (χ4n) is 13.4. The second-order valence-corrected chi connectivity index (χ2v) is 27.5. The molecule has 0 saturated heterocycles. The number of furan rings is 4. The number of thiol groups is 1. The molecule has 0 aliphatic carbocycles. The third kappa shape index (κ3) is 23.7. The third-order valence-electron chi connectivity index (χ3n) is 18.4. The van der Waals surface area contributed by atoms with Crippen molar-refractivity contribution in [2.75, 3.05) is 26.2 Å². The first-order chi connectivity index (χ1) is 45.6. The zero-order chi connectivity index (χ0) is 66.4. The summed E-state index contributed by atoms with van der Waals surface area (Å²) in [6.07, 6.45) is 52.3. The molecule has 0 N–H and O–H groups in total. The Morgan fingerprint density at radius 3 is 0.720 bits per heavy atom. The molecule has 4 aliphatic heterocycles. The summed E-state index contributed by atoms with van der Waals surface area (Å²) in [5.41, 5.74) is 4.21. The first-order valence-corrected chi connectivity index (χ1v) is 38.4. The summed E-state index contributed by atoms with van der Waals surface area (Å²) < 4.78 is 27.4. The molecule has 17 heteroatoms. The van der Waals surface area contributed by atoms with Gasteiger partial charge in [-0.1, -0.05) is 259 Å². The molecule has 13 nitrogen and oxygen atoms in total. The third-order valence-corrected chi connectivity index (χ3v) is 19.3. The van der Waals surface area contributed by atoms with E-state index >= 15 is 0 Å². The van der Waals surface area contributed by atoms with Crippen LogP contribution in [0, 0.1) is 0 Å². The van der Waals surface area contributed by atoms with E-state index in [0.29, 0.717) is 104 Å². The van der Waals surface area contributed by atoms with Crippen molar-refractivity contribution in [3.8, 4) is 0 Å². The van der Waals surface area contributed by atoms with Crippen molar-refractivity contribution in [3.05, 3.63) is 116 Å². The topological polar surface area (TPSA) is 146 Å². The number of fused-ring (bicyclic) bond motifs is 2. The van der Waals surface area contributed by atoms with Gasteiger partial charge in [0.25, 0.3) is 23.6 Å². The fourth-order valence-corrected chi connectivity index (χ4v) is 14.0. The molecule has 0 aromatic carbocycles. The Morgan fingerprint density at radius 2 is 0.538 bits per heavy atom. The van der Waals surface area contributed by atoms with E-state index < -0.39 is 0 Å². The van der Waals surface area contributed by atoms with Crippen molar-refractivity contribution in [3.63, 3.8) is 0 Å². The van der Waals surface area contributed by atoms with Crippen molar-refractivity contribution >= 4 is 98.7 Å². The van der Waals surface area contributed by atoms with Crippen molar-refractivity contribution in [2.24, 2.45) is 4.30 Å². The normalized spacial score (nSPS) is 14.6. The van der Waals surface area contributed by atoms with Crippen molar-refractivity contribution in [2.45, 2.75) is 285 Å². The van der Waals surface area contributed by atoms with Gasteiger partial charge in [0, 0.05) is 26.2 Å². The van der Waals surface area contributed by atoms with Gasteiger partial charge in [-0.3, -0.25) is 19.2 Å². The molecular weight excluding hydrogens is 1310 g/mol. The number of hydrogen-bond acceptors (Lipinski definition) is 10. The second-order valence-electron chi connectivity index (χ2n) is 25.7. The standard InChI is InChI=1S/C38H54Br2N2O4.C38H56N2O4.BHNS/c1-3-5-7-9-11-13-15-17-19-21-27-41-35(29-23-25-31(39)45-29)33-34(37(41)43)36(30-24-26-32(40)46-30)42(38(33)44)28-22-20-18-16-14-12-10-8-6-4-2;1-3-5-7-9-11-13-15-17-19-21-27-39-35(31-25-23-29-43-31)33-34(37(39)41)36(32-26-24-30-44-32)40(38(33)42)28-22-20-18-16-14-12-10-8-6-4-2;1-2-3/h23-26H,3-22,27-28H2,1-2H3;23-26,29-30H,3-22,27-28H2,1-2H3;3H. The number of hydrogen-bond donors (Lipinski definition) is 1. The minimum atomic E-state index is -0.144. The molecule has 93 heavy (non-hydrogen) atoms. The van der Waals surface area contributed by atoms with Crippen LogP contribution in [-0.4, -0.2) is 77.0 Å². The number of rotatable bonds is 48.